The first-order valence-electron chi connectivity index (χ1n) is 6.62. The molecule has 19 heavy (non-hydrogen) atoms. The molecule has 1 saturated carbocycles. The Hall–Kier alpha value is -0.980. The Balaban J connectivity index is 2.05. The number of hydrogen-bond donors (Lipinski definition) is 1. The predicted molar refractivity (Wildman–Crippen MR) is 82.1 cm³/mol. The van der Waals surface area contributed by atoms with Gasteiger partial charge in [0.25, 0.3) is 0 Å². The second-order valence-corrected chi connectivity index (χ2v) is 6.51. The molecule has 2 nitrogen and oxygen atoms in total. The third-order valence-electron chi connectivity index (χ3n) is 3.67. The first-order valence-corrected chi connectivity index (χ1v) is 7.42. The van der Waals surface area contributed by atoms with Crippen LogP contribution in [0.3, 0.4) is 0 Å². The maximum atomic E-state index is 5.59. The zero-order chi connectivity index (χ0) is 13.9. The molecule has 1 N–H and O–H groups in total. The summed E-state index contributed by atoms with van der Waals surface area (Å²) in [5, 5.41) is 3.63. The first kappa shape index (κ1) is 14.4. The Morgan fingerprint density at radius 3 is 2.84 bits per heavy atom. The summed E-state index contributed by atoms with van der Waals surface area (Å²) in [6.45, 7) is 5.64. The fourth-order valence-corrected chi connectivity index (χ4v) is 2.63. The summed E-state index contributed by atoms with van der Waals surface area (Å²) >= 11 is 3.50. The average molecular weight is 322 g/mol. The van der Waals surface area contributed by atoms with Crippen LogP contribution in [0.25, 0.3) is 0 Å². The SMILES string of the molecule is C#CCOc1ccc(Br)cc1CNC(C)(C)C1CC1. The molecule has 1 aliphatic carbocycles. The molecule has 0 bridgehead atoms. The van der Waals surface area contributed by atoms with Crippen molar-refractivity contribution in [3.05, 3.63) is 28.2 Å². The number of rotatable bonds is 6. The third-order valence-corrected chi connectivity index (χ3v) is 4.16. The van der Waals surface area contributed by atoms with E-state index >= 15 is 0 Å². The van der Waals surface area contributed by atoms with Crippen LogP contribution in [-0.4, -0.2) is 12.1 Å². The second-order valence-electron chi connectivity index (χ2n) is 5.59. The highest BCUT2D eigenvalue weighted by molar-refractivity contribution is 9.10. The molecule has 1 aromatic carbocycles. The van der Waals surface area contributed by atoms with Crippen LogP contribution in [0.2, 0.25) is 0 Å². The van der Waals surface area contributed by atoms with Gasteiger partial charge in [0.15, 0.2) is 0 Å². The number of hydrogen-bond acceptors (Lipinski definition) is 2. The van der Waals surface area contributed by atoms with E-state index in [4.69, 9.17) is 11.2 Å². The fraction of sp³-hybridized carbons (Fsp3) is 0.500. The first-order chi connectivity index (χ1) is 9.03. The molecule has 1 aromatic rings. The van der Waals surface area contributed by atoms with E-state index in [0.717, 1.165) is 28.2 Å². The van der Waals surface area contributed by atoms with E-state index in [9.17, 15) is 0 Å². The van der Waals surface area contributed by atoms with E-state index in [0.29, 0.717) is 6.61 Å². The fourth-order valence-electron chi connectivity index (χ4n) is 2.22. The average Bonchev–Trinajstić information content (AvgIpc) is 3.20. The van der Waals surface area contributed by atoms with Crippen molar-refractivity contribution in [2.24, 2.45) is 5.92 Å². The van der Waals surface area contributed by atoms with Gasteiger partial charge in [-0.25, -0.2) is 0 Å². The van der Waals surface area contributed by atoms with Gasteiger partial charge in [-0.2, -0.15) is 0 Å². The molecule has 0 spiro atoms. The molecule has 0 amide bonds. The van der Waals surface area contributed by atoms with E-state index < -0.39 is 0 Å². The van der Waals surface area contributed by atoms with Crippen molar-refractivity contribution in [3.63, 3.8) is 0 Å². The molecule has 0 radical (unpaired) electrons. The lowest BCUT2D eigenvalue weighted by Crippen LogP contribution is -2.40. The smallest absolute Gasteiger partial charge is 0.148 e. The number of nitrogens with one attached hydrogen (secondary N) is 1. The monoisotopic (exact) mass is 321 g/mol. The lowest BCUT2D eigenvalue weighted by Gasteiger charge is -2.27. The highest BCUT2D eigenvalue weighted by Gasteiger charge is 2.37. The summed E-state index contributed by atoms with van der Waals surface area (Å²) in [7, 11) is 0. The zero-order valence-corrected chi connectivity index (χ0v) is 13.1. The van der Waals surface area contributed by atoms with Crippen molar-refractivity contribution >= 4 is 15.9 Å². The van der Waals surface area contributed by atoms with Gasteiger partial charge in [-0.3, -0.25) is 0 Å². The Labute approximate surface area is 124 Å². The van der Waals surface area contributed by atoms with Gasteiger partial charge < -0.3 is 10.1 Å². The molecule has 2 rings (SSSR count). The zero-order valence-electron chi connectivity index (χ0n) is 11.5. The summed E-state index contributed by atoms with van der Waals surface area (Å²) in [6.07, 6.45) is 7.91. The quantitative estimate of drug-likeness (QED) is 0.806. The molecule has 102 valence electrons. The molecular formula is C16H20BrNO. The molecule has 0 aromatic heterocycles. The Morgan fingerprint density at radius 2 is 2.21 bits per heavy atom. The van der Waals surface area contributed by atoms with Crippen molar-refractivity contribution < 1.29 is 4.74 Å². The van der Waals surface area contributed by atoms with E-state index in [1.807, 2.05) is 12.1 Å². The Bertz CT molecular complexity index is 486. The highest BCUT2D eigenvalue weighted by atomic mass is 79.9. The van der Waals surface area contributed by atoms with Crippen molar-refractivity contribution in [3.8, 4) is 18.1 Å². The van der Waals surface area contributed by atoms with Crippen LogP contribution in [0.4, 0.5) is 0 Å². The number of halogens is 1. The van der Waals surface area contributed by atoms with Gasteiger partial charge in [-0.15, -0.1) is 6.42 Å². The second kappa shape index (κ2) is 5.98. The largest absolute Gasteiger partial charge is 0.481 e. The van der Waals surface area contributed by atoms with E-state index in [-0.39, 0.29) is 5.54 Å². The van der Waals surface area contributed by atoms with Crippen molar-refractivity contribution in [1.82, 2.24) is 5.32 Å². The summed E-state index contributed by atoms with van der Waals surface area (Å²) < 4.78 is 6.64. The van der Waals surface area contributed by atoms with Crippen LogP contribution in [0.15, 0.2) is 22.7 Å². The Morgan fingerprint density at radius 1 is 1.47 bits per heavy atom. The van der Waals surface area contributed by atoms with Crippen LogP contribution in [-0.2, 0) is 6.54 Å². The van der Waals surface area contributed by atoms with E-state index in [1.165, 1.54) is 12.8 Å². The maximum absolute atomic E-state index is 5.59. The third kappa shape index (κ3) is 3.99. The van der Waals surface area contributed by atoms with Gasteiger partial charge in [0.05, 0.1) is 0 Å². The van der Waals surface area contributed by atoms with Crippen molar-refractivity contribution in [1.29, 1.82) is 0 Å². The maximum Gasteiger partial charge on any atom is 0.148 e. The molecule has 1 aliphatic rings. The Kier molecular flexibility index (Phi) is 4.54. The van der Waals surface area contributed by atoms with E-state index in [2.05, 4.69) is 47.1 Å². The van der Waals surface area contributed by atoms with Gasteiger partial charge in [-0.1, -0.05) is 21.9 Å². The van der Waals surface area contributed by atoms with Crippen molar-refractivity contribution in [2.75, 3.05) is 6.61 Å². The van der Waals surface area contributed by atoms with Gasteiger partial charge in [-0.05, 0) is 50.8 Å². The molecule has 1 fully saturated rings. The van der Waals surface area contributed by atoms with Crippen LogP contribution >= 0.6 is 15.9 Å². The number of benzene rings is 1. The predicted octanol–water partition coefficient (Wildman–Crippen LogP) is 3.74. The minimum Gasteiger partial charge on any atom is -0.481 e. The number of ether oxygens (including phenoxy) is 1. The van der Waals surface area contributed by atoms with Crippen molar-refractivity contribution in [2.45, 2.75) is 38.8 Å². The molecule has 0 atom stereocenters. The lowest BCUT2D eigenvalue weighted by atomic mass is 9.98. The summed E-state index contributed by atoms with van der Waals surface area (Å²) in [5.41, 5.74) is 1.32. The summed E-state index contributed by atoms with van der Waals surface area (Å²) in [4.78, 5) is 0. The molecular weight excluding hydrogens is 302 g/mol. The van der Waals surface area contributed by atoms with Crippen LogP contribution < -0.4 is 10.1 Å². The highest BCUT2D eigenvalue weighted by Crippen LogP contribution is 2.39. The normalized spacial score (nSPS) is 15.1. The van der Waals surface area contributed by atoms with Gasteiger partial charge >= 0.3 is 0 Å². The topological polar surface area (TPSA) is 21.3 Å². The summed E-state index contributed by atoms with van der Waals surface area (Å²) in [5.74, 6) is 4.17. The lowest BCUT2D eigenvalue weighted by molar-refractivity contribution is 0.329. The van der Waals surface area contributed by atoms with Crippen LogP contribution in [0.1, 0.15) is 32.3 Å². The number of terminal acetylenes is 1. The minimum absolute atomic E-state index is 0.186. The molecule has 0 saturated heterocycles. The van der Waals surface area contributed by atoms with Gasteiger partial charge in [0.2, 0.25) is 0 Å². The van der Waals surface area contributed by atoms with Crippen LogP contribution in [0.5, 0.6) is 5.75 Å². The molecule has 3 heteroatoms. The molecule has 0 heterocycles. The van der Waals surface area contributed by atoms with Gasteiger partial charge in [0.1, 0.15) is 12.4 Å². The summed E-state index contributed by atoms with van der Waals surface area (Å²) in [6, 6.07) is 6.02. The van der Waals surface area contributed by atoms with Gasteiger partial charge in [0, 0.05) is 22.1 Å². The molecule has 0 aliphatic heterocycles. The van der Waals surface area contributed by atoms with Crippen LogP contribution in [0, 0.1) is 18.3 Å². The molecule has 0 unspecified atom stereocenters. The van der Waals surface area contributed by atoms with E-state index in [1.54, 1.807) is 0 Å². The minimum atomic E-state index is 0.186. The standard InChI is InChI=1S/C16H20BrNO/c1-4-9-19-15-8-7-14(17)10-12(15)11-18-16(2,3)13-5-6-13/h1,7-8,10,13,18H,5-6,9,11H2,2-3H3.